The maximum absolute atomic E-state index is 12.7. The summed E-state index contributed by atoms with van der Waals surface area (Å²) in [5.74, 6) is -0.193. The molecule has 25 heavy (non-hydrogen) atoms. The molecule has 0 saturated carbocycles. The van der Waals surface area contributed by atoms with E-state index in [1.807, 2.05) is 13.0 Å². The molecule has 134 valence electrons. The first-order valence-corrected chi connectivity index (χ1v) is 10.5. The number of thiophene rings is 1. The lowest BCUT2D eigenvalue weighted by Gasteiger charge is -2.29. The SMILES string of the molecule is Cc1cc(C(=O)Nc2ccc(S(=O)(=O)N3CC[NH+](C)CC3)cc2)cs1. The molecule has 2 heterocycles. The van der Waals surface area contributed by atoms with Crippen molar-refractivity contribution in [2.75, 3.05) is 38.5 Å². The van der Waals surface area contributed by atoms with Gasteiger partial charge in [-0.1, -0.05) is 0 Å². The molecule has 0 unspecified atom stereocenters. The molecule has 1 amide bonds. The third-order valence-electron chi connectivity index (χ3n) is 4.32. The molecule has 1 saturated heterocycles. The van der Waals surface area contributed by atoms with E-state index in [-0.39, 0.29) is 10.8 Å². The zero-order valence-electron chi connectivity index (χ0n) is 14.3. The van der Waals surface area contributed by atoms with E-state index in [9.17, 15) is 13.2 Å². The van der Waals surface area contributed by atoms with E-state index in [1.165, 1.54) is 20.5 Å². The first-order valence-electron chi connectivity index (χ1n) is 8.14. The van der Waals surface area contributed by atoms with Crippen LogP contribution in [0.3, 0.4) is 0 Å². The molecule has 0 atom stereocenters. The lowest BCUT2D eigenvalue weighted by atomic mass is 10.2. The quantitative estimate of drug-likeness (QED) is 0.825. The van der Waals surface area contributed by atoms with Crippen molar-refractivity contribution in [2.45, 2.75) is 11.8 Å². The smallest absolute Gasteiger partial charge is 0.256 e. The van der Waals surface area contributed by atoms with Gasteiger partial charge in [-0.25, -0.2) is 8.42 Å². The second-order valence-corrected chi connectivity index (χ2v) is 9.34. The van der Waals surface area contributed by atoms with Gasteiger partial charge in [0.15, 0.2) is 0 Å². The number of amides is 1. The number of aryl methyl sites for hydroxylation is 1. The Labute approximate surface area is 152 Å². The fraction of sp³-hybridized carbons (Fsp3) is 0.353. The van der Waals surface area contributed by atoms with Crippen LogP contribution in [0, 0.1) is 6.92 Å². The van der Waals surface area contributed by atoms with Crippen LogP contribution in [0.5, 0.6) is 0 Å². The molecule has 1 fully saturated rings. The number of hydrogen-bond acceptors (Lipinski definition) is 4. The average Bonchev–Trinajstić information content (AvgIpc) is 3.02. The van der Waals surface area contributed by atoms with Gasteiger partial charge in [-0.05, 0) is 37.3 Å². The third kappa shape index (κ3) is 4.09. The van der Waals surface area contributed by atoms with Crippen molar-refractivity contribution in [3.8, 4) is 0 Å². The van der Waals surface area contributed by atoms with Crippen LogP contribution in [-0.4, -0.2) is 51.9 Å². The zero-order chi connectivity index (χ0) is 18.0. The lowest BCUT2D eigenvalue weighted by molar-refractivity contribution is -0.883. The molecule has 1 aromatic carbocycles. The minimum absolute atomic E-state index is 0.193. The Balaban J connectivity index is 1.70. The molecular formula is C17H22N3O3S2+. The van der Waals surface area contributed by atoms with Gasteiger partial charge in [0.05, 0.1) is 43.7 Å². The van der Waals surface area contributed by atoms with Crippen LogP contribution < -0.4 is 10.2 Å². The number of hydrogen-bond donors (Lipinski definition) is 2. The molecule has 6 nitrogen and oxygen atoms in total. The standard InChI is InChI=1S/C17H21N3O3S2/c1-13-11-14(12-24-13)17(21)18-15-3-5-16(6-4-15)25(22,23)20-9-7-19(2)8-10-20/h3-6,11-12H,7-10H2,1-2H3,(H,18,21)/p+1. The summed E-state index contributed by atoms with van der Waals surface area (Å²) in [7, 11) is -1.40. The normalized spacial score (nSPS) is 16.7. The van der Waals surface area contributed by atoms with E-state index in [2.05, 4.69) is 12.4 Å². The Morgan fingerprint density at radius 1 is 1.20 bits per heavy atom. The molecule has 1 aromatic heterocycles. The van der Waals surface area contributed by atoms with Gasteiger partial charge in [-0.3, -0.25) is 4.79 Å². The number of quaternary nitrogens is 1. The number of anilines is 1. The average molecular weight is 381 g/mol. The highest BCUT2D eigenvalue weighted by Crippen LogP contribution is 2.20. The Kier molecular flexibility index (Phi) is 5.24. The highest BCUT2D eigenvalue weighted by atomic mass is 32.2. The maximum Gasteiger partial charge on any atom is 0.256 e. The molecule has 3 rings (SSSR count). The number of rotatable bonds is 4. The number of nitrogens with one attached hydrogen (secondary N) is 2. The van der Waals surface area contributed by atoms with Crippen molar-refractivity contribution in [1.82, 2.24) is 4.31 Å². The largest absolute Gasteiger partial charge is 0.335 e. The lowest BCUT2D eigenvalue weighted by Crippen LogP contribution is -3.12. The van der Waals surface area contributed by atoms with Gasteiger partial charge < -0.3 is 10.2 Å². The molecule has 0 radical (unpaired) electrons. The van der Waals surface area contributed by atoms with E-state index in [4.69, 9.17) is 0 Å². The van der Waals surface area contributed by atoms with E-state index in [0.29, 0.717) is 24.3 Å². The summed E-state index contributed by atoms with van der Waals surface area (Å²) in [5, 5.41) is 4.60. The molecule has 0 aliphatic carbocycles. The predicted octanol–water partition coefficient (Wildman–Crippen LogP) is 0.828. The van der Waals surface area contributed by atoms with Crippen molar-refractivity contribution >= 4 is 33.0 Å². The zero-order valence-corrected chi connectivity index (χ0v) is 15.9. The summed E-state index contributed by atoms with van der Waals surface area (Å²) < 4.78 is 26.9. The van der Waals surface area contributed by atoms with Crippen LogP contribution in [0.1, 0.15) is 15.2 Å². The first kappa shape index (κ1) is 18.1. The van der Waals surface area contributed by atoms with Crippen molar-refractivity contribution < 1.29 is 18.1 Å². The van der Waals surface area contributed by atoms with Gasteiger partial charge >= 0.3 is 0 Å². The van der Waals surface area contributed by atoms with Crippen molar-refractivity contribution in [3.05, 3.63) is 46.2 Å². The van der Waals surface area contributed by atoms with E-state index in [0.717, 1.165) is 18.0 Å². The van der Waals surface area contributed by atoms with Crippen LogP contribution in [0.25, 0.3) is 0 Å². The summed E-state index contributed by atoms with van der Waals surface area (Å²) in [6.45, 7) is 4.64. The van der Waals surface area contributed by atoms with Crippen LogP contribution in [0.15, 0.2) is 40.6 Å². The van der Waals surface area contributed by atoms with Crippen molar-refractivity contribution in [3.63, 3.8) is 0 Å². The first-order chi connectivity index (χ1) is 11.9. The number of sulfonamides is 1. The van der Waals surface area contributed by atoms with E-state index >= 15 is 0 Å². The number of benzene rings is 1. The molecular weight excluding hydrogens is 358 g/mol. The fourth-order valence-electron chi connectivity index (χ4n) is 2.73. The Bertz CT molecular complexity index is 852. The summed E-state index contributed by atoms with van der Waals surface area (Å²) in [6.07, 6.45) is 0. The van der Waals surface area contributed by atoms with Crippen molar-refractivity contribution in [2.24, 2.45) is 0 Å². The maximum atomic E-state index is 12.7. The highest BCUT2D eigenvalue weighted by molar-refractivity contribution is 7.89. The summed E-state index contributed by atoms with van der Waals surface area (Å²) in [5.41, 5.74) is 1.19. The van der Waals surface area contributed by atoms with Gasteiger partial charge in [-0.2, -0.15) is 4.31 Å². The van der Waals surface area contributed by atoms with Gasteiger partial charge in [0, 0.05) is 15.9 Å². The molecule has 0 spiro atoms. The Hall–Kier alpha value is -1.74. The predicted molar refractivity (Wildman–Crippen MR) is 98.8 cm³/mol. The monoisotopic (exact) mass is 380 g/mol. The molecule has 1 aliphatic heterocycles. The second kappa shape index (κ2) is 7.25. The summed E-state index contributed by atoms with van der Waals surface area (Å²) in [4.78, 5) is 14.8. The Morgan fingerprint density at radius 2 is 1.84 bits per heavy atom. The Morgan fingerprint density at radius 3 is 2.40 bits per heavy atom. The van der Waals surface area contributed by atoms with Crippen LogP contribution in [-0.2, 0) is 10.0 Å². The van der Waals surface area contributed by atoms with E-state index in [1.54, 1.807) is 29.6 Å². The molecule has 2 aromatic rings. The summed E-state index contributed by atoms with van der Waals surface area (Å²) in [6, 6.07) is 8.19. The highest BCUT2D eigenvalue weighted by Gasteiger charge is 2.29. The van der Waals surface area contributed by atoms with Gasteiger partial charge in [0.1, 0.15) is 0 Å². The minimum Gasteiger partial charge on any atom is -0.335 e. The number of piperazine rings is 1. The molecule has 0 bridgehead atoms. The second-order valence-electron chi connectivity index (χ2n) is 6.29. The minimum atomic E-state index is -3.47. The topological polar surface area (TPSA) is 70.9 Å². The summed E-state index contributed by atoms with van der Waals surface area (Å²) >= 11 is 1.52. The van der Waals surface area contributed by atoms with Crippen molar-refractivity contribution in [1.29, 1.82) is 0 Å². The third-order valence-corrected chi connectivity index (χ3v) is 7.09. The molecule has 2 N–H and O–H groups in total. The van der Waals surface area contributed by atoms with Gasteiger partial charge in [0.2, 0.25) is 10.0 Å². The number of carbonyl (C=O) groups excluding carboxylic acids is 1. The van der Waals surface area contributed by atoms with Crippen LogP contribution in [0.2, 0.25) is 0 Å². The fourth-order valence-corrected chi connectivity index (χ4v) is 4.86. The molecule has 1 aliphatic rings. The number of carbonyl (C=O) groups is 1. The number of likely N-dealkylation sites (N-methyl/N-ethyl adjacent to an activating group) is 1. The van der Waals surface area contributed by atoms with Crippen LogP contribution >= 0.6 is 11.3 Å². The molecule has 8 heteroatoms. The number of nitrogens with zero attached hydrogens (tertiary/aromatic N) is 1. The van der Waals surface area contributed by atoms with Gasteiger partial charge in [-0.15, -0.1) is 11.3 Å². The van der Waals surface area contributed by atoms with Crippen LogP contribution in [0.4, 0.5) is 5.69 Å². The van der Waals surface area contributed by atoms with Gasteiger partial charge in [0.25, 0.3) is 5.91 Å². The van der Waals surface area contributed by atoms with E-state index < -0.39 is 10.0 Å².